The van der Waals surface area contributed by atoms with Crippen LogP contribution in [0.1, 0.15) is 26.6 Å². The first-order chi connectivity index (χ1) is 12.7. The van der Waals surface area contributed by atoms with Crippen molar-refractivity contribution in [2.24, 2.45) is 0 Å². The van der Waals surface area contributed by atoms with E-state index in [9.17, 15) is 9.59 Å². The summed E-state index contributed by atoms with van der Waals surface area (Å²) in [6.07, 6.45) is 3.15. The van der Waals surface area contributed by atoms with Crippen LogP contribution >= 0.6 is 0 Å². The summed E-state index contributed by atoms with van der Waals surface area (Å²) in [4.78, 5) is 28.1. The number of nitrogens with one attached hydrogen (secondary N) is 2. The first-order valence-corrected chi connectivity index (χ1v) is 7.88. The summed E-state index contributed by atoms with van der Waals surface area (Å²) >= 11 is 0. The number of anilines is 2. The number of esters is 1. The molecule has 1 aromatic carbocycles. The van der Waals surface area contributed by atoms with Gasteiger partial charge in [0.2, 0.25) is 0 Å². The second kappa shape index (κ2) is 7.98. The molecule has 26 heavy (non-hydrogen) atoms. The lowest BCUT2D eigenvalue weighted by Crippen LogP contribution is -2.14. The van der Waals surface area contributed by atoms with Gasteiger partial charge in [-0.05, 0) is 42.5 Å². The third-order valence-electron chi connectivity index (χ3n) is 3.58. The Bertz CT molecular complexity index is 907. The molecule has 3 rings (SSSR count). The number of aromatic nitrogens is 1. The van der Waals surface area contributed by atoms with Crippen molar-refractivity contribution in [3.05, 3.63) is 78.0 Å². The standard InChI is InChI=1S/C19H17N3O4/c1-25-19(24)13-4-2-5-15(10-13)22-18(23)17-11-14(7-8-20-17)21-12-16-6-3-9-26-16/h2-11H,12H2,1H3,(H,20,21)(H,22,23). The molecule has 0 saturated heterocycles. The molecule has 0 aliphatic rings. The number of methoxy groups -OCH3 is 1. The van der Waals surface area contributed by atoms with Gasteiger partial charge in [0.25, 0.3) is 5.91 Å². The molecule has 0 radical (unpaired) electrons. The number of pyridine rings is 1. The largest absolute Gasteiger partial charge is 0.467 e. The van der Waals surface area contributed by atoms with E-state index >= 15 is 0 Å². The van der Waals surface area contributed by atoms with Gasteiger partial charge in [0.15, 0.2) is 0 Å². The van der Waals surface area contributed by atoms with Crippen LogP contribution in [0.25, 0.3) is 0 Å². The predicted molar refractivity (Wildman–Crippen MR) is 96.0 cm³/mol. The lowest BCUT2D eigenvalue weighted by Gasteiger charge is -2.08. The minimum Gasteiger partial charge on any atom is -0.467 e. The highest BCUT2D eigenvalue weighted by Crippen LogP contribution is 2.15. The maximum atomic E-state index is 12.4. The highest BCUT2D eigenvalue weighted by molar-refractivity contribution is 6.04. The molecule has 0 saturated carbocycles. The van der Waals surface area contributed by atoms with Crippen molar-refractivity contribution in [2.75, 3.05) is 17.7 Å². The number of rotatable bonds is 6. The molecule has 0 aliphatic carbocycles. The van der Waals surface area contributed by atoms with E-state index in [1.807, 2.05) is 12.1 Å². The van der Waals surface area contributed by atoms with Gasteiger partial charge in [0, 0.05) is 17.6 Å². The monoisotopic (exact) mass is 351 g/mol. The average Bonchev–Trinajstić information content (AvgIpc) is 3.20. The first kappa shape index (κ1) is 17.2. The van der Waals surface area contributed by atoms with Gasteiger partial charge in [0.05, 0.1) is 25.5 Å². The quantitative estimate of drug-likeness (QED) is 0.662. The van der Waals surface area contributed by atoms with Gasteiger partial charge in [-0.15, -0.1) is 0 Å². The van der Waals surface area contributed by atoms with E-state index in [4.69, 9.17) is 4.42 Å². The van der Waals surface area contributed by atoms with Crippen molar-refractivity contribution in [1.82, 2.24) is 4.98 Å². The summed E-state index contributed by atoms with van der Waals surface area (Å²) in [7, 11) is 1.30. The van der Waals surface area contributed by atoms with E-state index in [0.29, 0.717) is 17.8 Å². The van der Waals surface area contributed by atoms with Gasteiger partial charge in [-0.2, -0.15) is 0 Å². The fourth-order valence-corrected chi connectivity index (χ4v) is 2.30. The van der Waals surface area contributed by atoms with Crippen LogP contribution in [0, 0.1) is 0 Å². The molecule has 2 heterocycles. The molecule has 0 spiro atoms. The first-order valence-electron chi connectivity index (χ1n) is 7.88. The summed E-state index contributed by atoms with van der Waals surface area (Å²) in [6, 6.07) is 13.6. The zero-order valence-corrected chi connectivity index (χ0v) is 14.1. The fraction of sp³-hybridized carbons (Fsp3) is 0.105. The molecule has 0 fully saturated rings. The second-order valence-corrected chi connectivity index (χ2v) is 5.39. The van der Waals surface area contributed by atoms with Crippen LogP contribution in [0.3, 0.4) is 0 Å². The highest BCUT2D eigenvalue weighted by Gasteiger charge is 2.11. The van der Waals surface area contributed by atoms with Crippen molar-refractivity contribution in [3.63, 3.8) is 0 Å². The number of benzene rings is 1. The number of nitrogens with zero attached hydrogens (tertiary/aromatic N) is 1. The molecule has 2 aromatic heterocycles. The van der Waals surface area contributed by atoms with Crippen molar-refractivity contribution < 1.29 is 18.7 Å². The maximum absolute atomic E-state index is 12.4. The number of amides is 1. The Morgan fingerprint density at radius 3 is 2.77 bits per heavy atom. The van der Waals surface area contributed by atoms with E-state index in [-0.39, 0.29) is 11.6 Å². The molecule has 0 unspecified atom stereocenters. The average molecular weight is 351 g/mol. The molecule has 0 atom stereocenters. The van der Waals surface area contributed by atoms with Crippen LogP contribution in [-0.2, 0) is 11.3 Å². The van der Waals surface area contributed by atoms with Crippen LogP contribution in [0.2, 0.25) is 0 Å². The number of ether oxygens (including phenoxy) is 1. The molecule has 132 valence electrons. The van der Waals surface area contributed by atoms with E-state index in [1.54, 1.807) is 48.9 Å². The van der Waals surface area contributed by atoms with Gasteiger partial charge in [0.1, 0.15) is 11.5 Å². The van der Waals surface area contributed by atoms with Crippen LogP contribution in [0.15, 0.2) is 65.4 Å². The van der Waals surface area contributed by atoms with E-state index in [1.165, 1.54) is 7.11 Å². The molecule has 1 amide bonds. The summed E-state index contributed by atoms with van der Waals surface area (Å²) < 4.78 is 9.93. The number of furan rings is 1. The van der Waals surface area contributed by atoms with Crippen LogP contribution in [-0.4, -0.2) is 24.0 Å². The Balaban J connectivity index is 1.68. The normalized spacial score (nSPS) is 10.2. The lowest BCUT2D eigenvalue weighted by molar-refractivity contribution is 0.0600. The van der Waals surface area contributed by atoms with Crippen molar-refractivity contribution in [3.8, 4) is 0 Å². The summed E-state index contributed by atoms with van der Waals surface area (Å²) in [5.41, 5.74) is 1.82. The highest BCUT2D eigenvalue weighted by atomic mass is 16.5. The zero-order chi connectivity index (χ0) is 18.4. The fourth-order valence-electron chi connectivity index (χ4n) is 2.30. The Kier molecular flexibility index (Phi) is 5.28. The van der Waals surface area contributed by atoms with Gasteiger partial charge in [-0.3, -0.25) is 9.78 Å². The SMILES string of the molecule is COC(=O)c1cccc(NC(=O)c2cc(NCc3ccco3)ccn2)c1. The van der Waals surface area contributed by atoms with Crippen LogP contribution in [0.5, 0.6) is 0 Å². The summed E-state index contributed by atoms with van der Waals surface area (Å²) in [6.45, 7) is 0.499. The third-order valence-corrected chi connectivity index (χ3v) is 3.58. The number of carbonyl (C=O) groups excluding carboxylic acids is 2. The van der Waals surface area contributed by atoms with Gasteiger partial charge in [-0.1, -0.05) is 6.07 Å². The molecule has 0 bridgehead atoms. The van der Waals surface area contributed by atoms with E-state index in [0.717, 1.165) is 11.4 Å². The van der Waals surface area contributed by atoms with Crippen LogP contribution in [0.4, 0.5) is 11.4 Å². The Labute approximate surface area is 150 Å². The summed E-state index contributed by atoms with van der Waals surface area (Å²) in [5, 5.41) is 5.88. The zero-order valence-electron chi connectivity index (χ0n) is 14.1. The smallest absolute Gasteiger partial charge is 0.337 e. The van der Waals surface area contributed by atoms with E-state index in [2.05, 4.69) is 20.4 Å². The number of hydrogen-bond acceptors (Lipinski definition) is 6. The van der Waals surface area contributed by atoms with Gasteiger partial charge in [-0.25, -0.2) is 4.79 Å². The lowest BCUT2D eigenvalue weighted by atomic mass is 10.2. The molecule has 3 aromatic rings. The molecular weight excluding hydrogens is 334 g/mol. The minimum absolute atomic E-state index is 0.248. The van der Waals surface area contributed by atoms with Gasteiger partial charge < -0.3 is 19.8 Å². The molecule has 7 nitrogen and oxygen atoms in total. The van der Waals surface area contributed by atoms with E-state index < -0.39 is 5.97 Å². The molecule has 0 aliphatic heterocycles. The summed E-state index contributed by atoms with van der Waals surface area (Å²) in [5.74, 6) is -0.0653. The van der Waals surface area contributed by atoms with Crippen molar-refractivity contribution >= 4 is 23.3 Å². The Morgan fingerprint density at radius 2 is 2.00 bits per heavy atom. The third kappa shape index (κ3) is 4.27. The number of carbonyl (C=O) groups is 2. The maximum Gasteiger partial charge on any atom is 0.337 e. The second-order valence-electron chi connectivity index (χ2n) is 5.39. The minimum atomic E-state index is -0.469. The van der Waals surface area contributed by atoms with Crippen molar-refractivity contribution in [2.45, 2.75) is 6.54 Å². The topological polar surface area (TPSA) is 93.5 Å². The predicted octanol–water partition coefficient (Wildman–Crippen LogP) is 3.33. The molecule has 2 N–H and O–H groups in total. The molecular formula is C19H17N3O4. The van der Waals surface area contributed by atoms with Gasteiger partial charge >= 0.3 is 5.97 Å². The number of hydrogen-bond donors (Lipinski definition) is 2. The van der Waals surface area contributed by atoms with Crippen LogP contribution < -0.4 is 10.6 Å². The Morgan fingerprint density at radius 1 is 1.12 bits per heavy atom. The Hall–Kier alpha value is -3.61. The van der Waals surface area contributed by atoms with Crippen molar-refractivity contribution in [1.29, 1.82) is 0 Å². The molecule has 7 heteroatoms.